The van der Waals surface area contributed by atoms with Crippen molar-refractivity contribution >= 4 is 23.8 Å². The number of amides is 2. The molecular weight excluding hydrogens is 448 g/mol. The molecule has 9 nitrogen and oxygen atoms in total. The number of nitrogens with one attached hydrogen (secondary N) is 2. The molecule has 10 heteroatoms. The first-order chi connectivity index (χ1) is 15.4. The monoisotopic (exact) mass is 486 g/mol. The number of esters is 1. The summed E-state index contributed by atoms with van der Waals surface area (Å²) in [5.41, 5.74) is -5.04. The molecule has 2 amide bonds. The Morgan fingerprint density at radius 2 is 1.97 bits per heavy atom. The van der Waals surface area contributed by atoms with Gasteiger partial charge in [-0.1, -0.05) is 13.3 Å². The molecule has 5 rings (SSSR count). The quantitative estimate of drug-likeness (QED) is 0.219. The second kappa shape index (κ2) is 8.26. The van der Waals surface area contributed by atoms with E-state index < -0.39 is 27.8 Å². The molecule has 4 N–H and O–H groups in total. The van der Waals surface area contributed by atoms with Gasteiger partial charge in [-0.05, 0) is 40.0 Å². The second-order valence-electron chi connectivity index (χ2n) is 10.9. The Morgan fingerprint density at radius 1 is 1.24 bits per heavy atom. The molecule has 0 aromatic carbocycles. The number of carbonyl (C=O) groups excluding carboxylic acids is 2. The molecule has 0 aromatic rings. The highest BCUT2D eigenvalue weighted by Crippen LogP contribution is 2.69. The van der Waals surface area contributed by atoms with E-state index in [1.165, 1.54) is 0 Å². The molecule has 4 aliphatic heterocycles. The van der Waals surface area contributed by atoms with E-state index in [-0.39, 0.29) is 37.3 Å². The van der Waals surface area contributed by atoms with Crippen LogP contribution in [0, 0.1) is 5.41 Å². The van der Waals surface area contributed by atoms with Crippen LogP contribution in [-0.4, -0.2) is 88.0 Å². The predicted octanol–water partition coefficient (Wildman–Crippen LogP) is 1.34. The molecule has 188 valence electrons. The molecule has 5 aliphatic rings. The molecule has 8 atom stereocenters. The minimum atomic E-state index is -1.35. The standard InChI is InChI=1S/C23H38N2O7S/c1-19(11-23(12-26)22(4,30-5)21(3,32-23)20(19,2)29)13-31-16(27)9-7-6-8-15-17-14(10-33-15)24-18(28)25-17/h14-15,17,26,29H,6-13H2,1-5H3,(H2,24,25,28)/t14-,15?,17-,19+,20?,21+,22-,23?/m0/s1. The summed E-state index contributed by atoms with van der Waals surface area (Å²) in [4.78, 5) is 24.0. The third kappa shape index (κ3) is 3.43. The maximum Gasteiger partial charge on any atom is 0.315 e. The van der Waals surface area contributed by atoms with Gasteiger partial charge in [-0.3, -0.25) is 4.79 Å². The third-order valence-corrected chi connectivity index (χ3v) is 10.7. The molecule has 4 saturated heterocycles. The largest absolute Gasteiger partial charge is 0.465 e. The summed E-state index contributed by atoms with van der Waals surface area (Å²) >= 11 is 1.87. The average Bonchev–Trinajstić information content (AvgIpc) is 3.32. The van der Waals surface area contributed by atoms with Crippen molar-refractivity contribution in [3.05, 3.63) is 0 Å². The summed E-state index contributed by atoms with van der Waals surface area (Å²) in [5.74, 6) is 0.631. The molecule has 2 bridgehead atoms. The van der Waals surface area contributed by atoms with Crippen LogP contribution in [-0.2, 0) is 19.0 Å². The van der Waals surface area contributed by atoms with Gasteiger partial charge >= 0.3 is 12.0 Å². The number of fused-ring (bicyclic) bond motifs is 3. The lowest BCUT2D eigenvalue weighted by molar-refractivity contribution is -0.491. The average molecular weight is 487 g/mol. The van der Waals surface area contributed by atoms with Crippen LogP contribution in [0.1, 0.15) is 59.8 Å². The number of aliphatic hydroxyl groups excluding tert-OH is 1. The molecular formula is C23H38N2O7S. The summed E-state index contributed by atoms with van der Waals surface area (Å²) in [6.07, 6.45) is 3.15. The van der Waals surface area contributed by atoms with Crippen molar-refractivity contribution in [3.63, 3.8) is 0 Å². The van der Waals surface area contributed by atoms with Gasteiger partial charge in [-0.15, -0.1) is 0 Å². The van der Waals surface area contributed by atoms with Crippen LogP contribution in [0.4, 0.5) is 4.79 Å². The molecule has 5 fully saturated rings. The minimum Gasteiger partial charge on any atom is -0.465 e. The van der Waals surface area contributed by atoms with E-state index in [1.807, 2.05) is 25.6 Å². The highest BCUT2D eigenvalue weighted by atomic mass is 32.2. The Kier molecular flexibility index (Phi) is 6.26. The first kappa shape index (κ1) is 25.0. The fraction of sp³-hybridized carbons (Fsp3) is 0.913. The molecule has 3 unspecified atom stereocenters. The Bertz CT molecular complexity index is 812. The van der Waals surface area contributed by atoms with Crippen LogP contribution in [0.3, 0.4) is 0 Å². The number of rotatable bonds is 9. The molecule has 0 spiro atoms. The summed E-state index contributed by atoms with van der Waals surface area (Å²) in [6.45, 7) is 7.01. The van der Waals surface area contributed by atoms with Gasteiger partial charge in [-0.2, -0.15) is 11.8 Å². The van der Waals surface area contributed by atoms with E-state index in [0.717, 1.165) is 18.6 Å². The van der Waals surface area contributed by atoms with E-state index in [2.05, 4.69) is 10.6 Å². The highest BCUT2D eigenvalue weighted by molar-refractivity contribution is 8.00. The number of thioether (sulfide) groups is 1. The summed E-state index contributed by atoms with van der Waals surface area (Å²) < 4.78 is 17.5. The van der Waals surface area contributed by atoms with Gasteiger partial charge in [0.1, 0.15) is 22.4 Å². The van der Waals surface area contributed by atoms with Gasteiger partial charge in [0.2, 0.25) is 0 Å². The lowest BCUT2D eigenvalue weighted by Crippen LogP contribution is -2.93. The van der Waals surface area contributed by atoms with E-state index in [9.17, 15) is 19.8 Å². The van der Waals surface area contributed by atoms with E-state index >= 15 is 0 Å². The number of ether oxygens (including phenoxy) is 3. The Morgan fingerprint density at radius 3 is 2.64 bits per heavy atom. The van der Waals surface area contributed by atoms with Crippen molar-refractivity contribution in [1.29, 1.82) is 0 Å². The number of aliphatic hydroxyl groups is 2. The topological polar surface area (TPSA) is 126 Å². The number of urea groups is 1. The van der Waals surface area contributed by atoms with Gasteiger partial charge in [0, 0.05) is 29.9 Å². The molecule has 33 heavy (non-hydrogen) atoms. The van der Waals surface area contributed by atoms with E-state index in [0.29, 0.717) is 24.5 Å². The first-order valence-corrected chi connectivity index (χ1v) is 12.9. The highest BCUT2D eigenvalue weighted by Gasteiger charge is 2.85. The predicted molar refractivity (Wildman–Crippen MR) is 123 cm³/mol. The van der Waals surface area contributed by atoms with Crippen molar-refractivity contribution in [2.24, 2.45) is 5.41 Å². The number of carbonyl (C=O) groups is 2. The van der Waals surface area contributed by atoms with Gasteiger partial charge in [0.15, 0.2) is 0 Å². The third-order valence-electron chi connectivity index (χ3n) is 9.23. The number of hydrogen-bond acceptors (Lipinski definition) is 8. The summed E-state index contributed by atoms with van der Waals surface area (Å²) in [7, 11) is 1.56. The number of unbranched alkanes of at least 4 members (excludes halogenated alkanes) is 1. The van der Waals surface area contributed by atoms with Crippen molar-refractivity contribution in [2.75, 3.05) is 26.1 Å². The molecule has 0 radical (unpaired) electrons. The zero-order chi connectivity index (χ0) is 24.3. The normalized spacial score (nSPS) is 48.0. The van der Waals surface area contributed by atoms with Crippen LogP contribution in [0.5, 0.6) is 0 Å². The van der Waals surface area contributed by atoms with Crippen molar-refractivity contribution in [1.82, 2.24) is 10.6 Å². The van der Waals surface area contributed by atoms with E-state index in [1.54, 1.807) is 21.0 Å². The van der Waals surface area contributed by atoms with Crippen molar-refractivity contribution < 1.29 is 34.0 Å². The van der Waals surface area contributed by atoms with Crippen LogP contribution < -0.4 is 10.6 Å². The van der Waals surface area contributed by atoms with Crippen LogP contribution >= 0.6 is 11.8 Å². The smallest absolute Gasteiger partial charge is 0.315 e. The Labute approximate surface area is 199 Å². The van der Waals surface area contributed by atoms with Gasteiger partial charge in [0.05, 0.1) is 25.3 Å². The Balaban J connectivity index is 1.27. The van der Waals surface area contributed by atoms with Gasteiger partial charge < -0.3 is 35.1 Å². The van der Waals surface area contributed by atoms with Crippen LogP contribution in [0.2, 0.25) is 0 Å². The second-order valence-corrected chi connectivity index (χ2v) is 12.1. The van der Waals surface area contributed by atoms with Crippen LogP contribution in [0.25, 0.3) is 0 Å². The van der Waals surface area contributed by atoms with Gasteiger partial charge in [0.25, 0.3) is 0 Å². The number of hydrogen-bond donors (Lipinski definition) is 4. The van der Waals surface area contributed by atoms with Crippen molar-refractivity contribution in [3.8, 4) is 0 Å². The molecule has 4 heterocycles. The summed E-state index contributed by atoms with van der Waals surface area (Å²) in [5, 5.41) is 28.0. The molecule has 1 aliphatic carbocycles. The zero-order valence-electron chi connectivity index (χ0n) is 20.2. The molecule has 1 saturated carbocycles. The zero-order valence-corrected chi connectivity index (χ0v) is 21.0. The van der Waals surface area contributed by atoms with Gasteiger partial charge in [-0.25, -0.2) is 4.79 Å². The lowest BCUT2D eigenvalue weighted by atomic mass is 9.44. The fourth-order valence-electron chi connectivity index (χ4n) is 6.50. The first-order valence-electron chi connectivity index (χ1n) is 11.8. The lowest BCUT2D eigenvalue weighted by Gasteiger charge is -2.78. The fourth-order valence-corrected chi connectivity index (χ4v) is 8.05. The van der Waals surface area contributed by atoms with Crippen LogP contribution in [0.15, 0.2) is 0 Å². The number of methoxy groups -OCH3 is 1. The van der Waals surface area contributed by atoms with E-state index in [4.69, 9.17) is 14.2 Å². The van der Waals surface area contributed by atoms with Crippen molar-refractivity contribution in [2.45, 2.75) is 99.5 Å². The molecule has 0 aromatic heterocycles. The summed E-state index contributed by atoms with van der Waals surface area (Å²) in [6, 6.07) is 0.298. The maximum absolute atomic E-state index is 12.5. The minimum absolute atomic E-state index is 0.0409. The Hall–Kier alpha value is -1.07. The maximum atomic E-state index is 12.5. The SMILES string of the molecule is CO[C@]1(C)C2(CO)C[C@](C)(COC(=O)CCCCC3SC[C@@H]4NC(=O)N[C@H]34)C(C)(O)[C@@]1(C)O2.